The van der Waals surface area contributed by atoms with Gasteiger partial charge in [-0.2, -0.15) is 0 Å². The zero-order valence-corrected chi connectivity index (χ0v) is 16.4. The van der Waals surface area contributed by atoms with Crippen molar-refractivity contribution < 1.29 is 23.8 Å². The summed E-state index contributed by atoms with van der Waals surface area (Å²) in [7, 11) is 0. The van der Waals surface area contributed by atoms with E-state index in [9.17, 15) is 14.0 Å². The highest BCUT2D eigenvalue weighted by molar-refractivity contribution is 5.88. The number of carboxylic acid groups (broad SMARTS) is 1. The Kier molecular flexibility index (Phi) is 5.75. The van der Waals surface area contributed by atoms with Crippen molar-refractivity contribution in [2.75, 3.05) is 13.2 Å². The summed E-state index contributed by atoms with van der Waals surface area (Å²) in [5.41, 5.74) is 3.96. The molecule has 31 heavy (non-hydrogen) atoms. The SMILES string of the molecule is O=C(NCC=Cc1nccc(C(=O)O)c1F)OCC1c2ccccc2-c2ccccc21. The maximum absolute atomic E-state index is 14.0. The van der Waals surface area contributed by atoms with Gasteiger partial charge in [0, 0.05) is 18.7 Å². The van der Waals surface area contributed by atoms with Crippen LogP contribution in [0.1, 0.15) is 33.1 Å². The average molecular weight is 418 g/mol. The Hall–Kier alpha value is -4.00. The highest BCUT2D eigenvalue weighted by Gasteiger charge is 2.28. The molecule has 4 rings (SSSR count). The Labute approximate surface area is 178 Å². The summed E-state index contributed by atoms with van der Waals surface area (Å²) in [6, 6.07) is 17.2. The summed E-state index contributed by atoms with van der Waals surface area (Å²) in [5, 5.41) is 11.5. The molecule has 0 atom stereocenters. The van der Waals surface area contributed by atoms with Gasteiger partial charge < -0.3 is 15.2 Å². The fourth-order valence-electron chi connectivity index (χ4n) is 3.70. The normalized spacial score (nSPS) is 12.4. The zero-order valence-electron chi connectivity index (χ0n) is 16.4. The molecule has 1 aromatic heterocycles. The van der Waals surface area contributed by atoms with Gasteiger partial charge in [0.05, 0.1) is 11.3 Å². The standard InChI is InChI=1S/C24H19FN2O4/c25-22-19(23(28)29)11-13-26-21(22)10-5-12-27-24(30)31-14-20-17-8-3-1-6-15(17)16-7-2-4-9-18(16)20/h1-11,13,20H,12,14H2,(H,27,30)(H,28,29). The van der Waals surface area contributed by atoms with Crippen LogP contribution in [0.2, 0.25) is 0 Å². The zero-order chi connectivity index (χ0) is 21.8. The van der Waals surface area contributed by atoms with Gasteiger partial charge in [-0.1, -0.05) is 54.6 Å². The second-order valence-corrected chi connectivity index (χ2v) is 6.97. The lowest BCUT2D eigenvalue weighted by Crippen LogP contribution is -2.26. The first kappa shape index (κ1) is 20.3. The lowest BCUT2D eigenvalue weighted by atomic mass is 9.98. The third kappa shape index (κ3) is 4.16. The van der Waals surface area contributed by atoms with Crippen molar-refractivity contribution >= 4 is 18.1 Å². The van der Waals surface area contributed by atoms with Crippen LogP contribution >= 0.6 is 0 Å². The minimum Gasteiger partial charge on any atom is -0.478 e. The predicted octanol–water partition coefficient (Wildman–Crippen LogP) is 4.47. The number of alkyl carbamates (subject to hydrolysis) is 1. The van der Waals surface area contributed by atoms with Gasteiger partial charge in [0.15, 0.2) is 5.82 Å². The smallest absolute Gasteiger partial charge is 0.407 e. The van der Waals surface area contributed by atoms with Crippen LogP contribution in [0.25, 0.3) is 17.2 Å². The number of amides is 1. The molecular formula is C24H19FN2O4. The number of ether oxygens (including phenoxy) is 1. The van der Waals surface area contributed by atoms with Crippen molar-refractivity contribution in [3.63, 3.8) is 0 Å². The summed E-state index contributed by atoms with van der Waals surface area (Å²) >= 11 is 0. The number of carbonyl (C=O) groups excluding carboxylic acids is 1. The maximum atomic E-state index is 14.0. The quantitative estimate of drug-likeness (QED) is 0.617. The highest BCUT2D eigenvalue weighted by Crippen LogP contribution is 2.44. The molecule has 0 unspecified atom stereocenters. The van der Waals surface area contributed by atoms with Gasteiger partial charge >= 0.3 is 12.1 Å². The number of hydrogen-bond donors (Lipinski definition) is 2. The molecule has 0 spiro atoms. The summed E-state index contributed by atoms with van der Waals surface area (Å²) in [6.45, 7) is 0.273. The number of aromatic nitrogens is 1. The molecule has 2 N–H and O–H groups in total. The van der Waals surface area contributed by atoms with E-state index in [0.717, 1.165) is 28.3 Å². The molecule has 1 aliphatic rings. The van der Waals surface area contributed by atoms with Crippen LogP contribution in [0.3, 0.4) is 0 Å². The van der Waals surface area contributed by atoms with Gasteiger partial charge in [-0.15, -0.1) is 0 Å². The topological polar surface area (TPSA) is 88.5 Å². The lowest BCUT2D eigenvalue weighted by Gasteiger charge is -2.14. The largest absolute Gasteiger partial charge is 0.478 e. The summed E-state index contributed by atoms with van der Waals surface area (Å²) in [4.78, 5) is 26.9. The number of rotatable bonds is 6. The predicted molar refractivity (Wildman–Crippen MR) is 113 cm³/mol. The first-order chi connectivity index (χ1) is 15.1. The minimum atomic E-state index is -1.37. The molecule has 0 saturated carbocycles. The van der Waals surface area contributed by atoms with Crippen molar-refractivity contribution in [1.29, 1.82) is 0 Å². The number of pyridine rings is 1. The van der Waals surface area contributed by atoms with Crippen LogP contribution in [0, 0.1) is 5.82 Å². The second-order valence-electron chi connectivity index (χ2n) is 6.97. The Bertz CT molecular complexity index is 1130. The number of carbonyl (C=O) groups is 2. The fraction of sp³-hybridized carbons (Fsp3) is 0.125. The summed E-state index contributed by atoms with van der Waals surface area (Å²) in [6.07, 6.45) is 3.40. The molecule has 0 bridgehead atoms. The number of nitrogens with zero attached hydrogens (tertiary/aromatic N) is 1. The first-order valence-electron chi connectivity index (χ1n) is 9.69. The van der Waals surface area contributed by atoms with E-state index < -0.39 is 23.4 Å². The minimum absolute atomic E-state index is 0.0363. The Morgan fingerprint density at radius 3 is 2.35 bits per heavy atom. The Balaban J connectivity index is 1.34. The molecule has 1 heterocycles. The molecule has 0 aliphatic heterocycles. The molecule has 6 nitrogen and oxygen atoms in total. The van der Waals surface area contributed by atoms with Gasteiger partial charge in [-0.25, -0.2) is 14.0 Å². The summed E-state index contributed by atoms with van der Waals surface area (Å²) < 4.78 is 19.5. The van der Waals surface area contributed by atoms with Crippen LogP contribution in [0.5, 0.6) is 0 Å². The number of hydrogen-bond acceptors (Lipinski definition) is 4. The van der Waals surface area contributed by atoms with Gasteiger partial charge in [0.1, 0.15) is 6.61 Å². The number of carboxylic acids is 1. The number of aromatic carboxylic acids is 1. The van der Waals surface area contributed by atoms with E-state index in [1.807, 2.05) is 36.4 Å². The highest BCUT2D eigenvalue weighted by atomic mass is 19.1. The molecule has 3 aromatic rings. The van der Waals surface area contributed by atoms with Crippen LogP contribution in [-0.4, -0.2) is 35.3 Å². The summed E-state index contributed by atoms with van der Waals surface area (Å²) in [5.74, 6) is -2.33. The molecule has 0 fully saturated rings. The van der Waals surface area contributed by atoms with E-state index in [2.05, 4.69) is 22.4 Å². The lowest BCUT2D eigenvalue weighted by molar-refractivity contribution is 0.0691. The van der Waals surface area contributed by atoms with Crippen molar-refractivity contribution in [3.8, 4) is 11.1 Å². The number of fused-ring (bicyclic) bond motifs is 3. The van der Waals surface area contributed by atoms with Gasteiger partial charge in [0.25, 0.3) is 0 Å². The van der Waals surface area contributed by atoms with Crippen molar-refractivity contribution in [2.45, 2.75) is 5.92 Å². The molecule has 1 aliphatic carbocycles. The number of nitrogens with one attached hydrogen (secondary N) is 1. The van der Waals surface area contributed by atoms with E-state index in [4.69, 9.17) is 9.84 Å². The van der Waals surface area contributed by atoms with Crippen molar-refractivity contribution in [3.05, 3.63) is 95.1 Å². The molecular weight excluding hydrogens is 399 g/mol. The molecule has 7 heteroatoms. The van der Waals surface area contributed by atoms with Gasteiger partial charge in [-0.05, 0) is 34.4 Å². The fourth-order valence-corrected chi connectivity index (χ4v) is 3.70. The Morgan fingerprint density at radius 1 is 1.06 bits per heavy atom. The first-order valence-corrected chi connectivity index (χ1v) is 9.69. The van der Waals surface area contributed by atoms with Crippen LogP contribution < -0.4 is 5.32 Å². The molecule has 1 amide bonds. The third-order valence-corrected chi connectivity index (χ3v) is 5.13. The monoisotopic (exact) mass is 418 g/mol. The molecule has 2 aromatic carbocycles. The van der Waals surface area contributed by atoms with Crippen molar-refractivity contribution in [2.24, 2.45) is 0 Å². The van der Waals surface area contributed by atoms with E-state index in [-0.39, 0.29) is 24.8 Å². The van der Waals surface area contributed by atoms with Gasteiger partial charge in [0.2, 0.25) is 0 Å². The number of benzene rings is 2. The third-order valence-electron chi connectivity index (χ3n) is 5.13. The van der Waals surface area contributed by atoms with Crippen molar-refractivity contribution in [1.82, 2.24) is 10.3 Å². The molecule has 156 valence electrons. The van der Waals surface area contributed by atoms with Crippen LogP contribution in [0.15, 0.2) is 66.9 Å². The maximum Gasteiger partial charge on any atom is 0.407 e. The van der Waals surface area contributed by atoms with E-state index in [1.54, 1.807) is 0 Å². The number of halogens is 1. The van der Waals surface area contributed by atoms with Crippen LogP contribution in [0.4, 0.5) is 9.18 Å². The molecule has 0 radical (unpaired) electrons. The second kappa shape index (κ2) is 8.79. The van der Waals surface area contributed by atoms with Crippen LogP contribution in [-0.2, 0) is 4.74 Å². The van der Waals surface area contributed by atoms with E-state index in [1.165, 1.54) is 18.3 Å². The van der Waals surface area contributed by atoms with E-state index in [0.29, 0.717) is 0 Å². The molecule has 0 saturated heterocycles. The van der Waals surface area contributed by atoms with E-state index >= 15 is 0 Å². The van der Waals surface area contributed by atoms with Gasteiger partial charge in [-0.3, -0.25) is 4.98 Å². The Morgan fingerprint density at radius 2 is 1.71 bits per heavy atom. The average Bonchev–Trinajstić information content (AvgIpc) is 3.10.